The smallest absolute Gasteiger partial charge is 0.124 e. The summed E-state index contributed by atoms with van der Waals surface area (Å²) in [5.41, 5.74) is 1.48. The van der Waals surface area contributed by atoms with Crippen molar-refractivity contribution in [1.29, 1.82) is 0 Å². The van der Waals surface area contributed by atoms with Gasteiger partial charge in [-0.25, -0.2) is 4.39 Å². The predicted molar refractivity (Wildman–Crippen MR) is 76.6 cm³/mol. The van der Waals surface area contributed by atoms with E-state index in [2.05, 4.69) is 18.8 Å². The first-order chi connectivity index (χ1) is 9.70. The van der Waals surface area contributed by atoms with Crippen LogP contribution in [0.2, 0.25) is 0 Å². The molecule has 3 heteroatoms. The highest BCUT2D eigenvalue weighted by Gasteiger charge is 2.21. The van der Waals surface area contributed by atoms with Crippen LogP contribution in [0.3, 0.4) is 0 Å². The van der Waals surface area contributed by atoms with Gasteiger partial charge in [0.25, 0.3) is 0 Å². The summed E-state index contributed by atoms with van der Waals surface area (Å²) in [4.78, 5) is 0. The van der Waals surface area contributed by atoms with Crippen LogP contribution in [0.15, 0.2) is 18.2 Å². The molecule has 1 aliphatic rings. The van der Waals surface area contributed by atoms with Crippen molar-refractivity contribution in [2.75, 3.05) is 6.61 Å². The summed E-state index contributed by atoms with van der Waals surface area (Å²) >= 11 is 0. The second-order valence-electron chi connectivity index (χ2n) is 5.37. The van der Waals surface area contributed by atoms with Gasteiger partial charge in [-0.1, -0.05) is 37.7 Å². The molecule has 1 aromatic carbocycles. The van der Waals surface area contributed by atoms with Crippen molar-refractivity contribution in [2.24, 2.45) is 5.92 Å². The zero-order valence-electron chi connectivity index (χ0n) is 11.9. The molecule has 0 amide bonds. The van der Waals surface area contributed by atoms with Gasteiger partial charge in [0.05, 0.1) is 12.7 Å². The SMILES string of the molecule is CC1CCCCC1OCc1ccc(F)cc1C#CCO. The zero-order valence-corrected chi connectivity index (χ0v) is 11.9. The third-order valence-corrected chi connectivity index (χ3v) is 3.86. The van der Waals surface area contributed by atoms with Gasteiger partial charge in [-0.15, -0.1) is 0 Å². The van der Waals surface area contributed by atoms with Crippen molar-refractivity contribution in [3.63, 3.8) is 0 Å². The first kappa shape index (κ1) is 15.0. The van der Waals surface area contributed by atoms with Gasteiger partial charge in [-0.05, 0) is 36.5 Å². The normalized spacial score (nSPS) is 22.1. The Kier molecular flexibility index (Phi) is 5.58. The Bertz CT molecular complexity index is 501. The molecule has 0 heterocycles. The number of hydrogen-bond acceptors (Lipinski definition) is 2. The summed E-state index contributed by atoms with van der Waals surface area (Å²) in [7, 11) is 0. The Labute approximate surface area is 120 Å². The van der Waals surface area contributed by atoms with Crippen LogP contribution in [0.1, 0.15) is 43.7 Å². The van der Waals surface area contributed by atoms with E-state index >= 15 is 0 Å². The summed E-state index contributed by atoms with van der Waals surface area (Å²) in [6.07, 6.45) is 5.10. The van der Waals surface area contributed by atoms with Crippen molar-refractivity contribution in [3.05, 3.63) is 35.1 Å². The van der Waals surface area contributed by atoms with E-state index in [1.54, 1.807) is 6.07 Å². The first-order valence-corrected chi connectivity index (χ1v) is 7.20. The van der Waals surface area contributed by atoms with Gasteiger partial charge in [0.15, 0.2) is 0 Å². The van der Waals surface area contributed by atoms with Crippen LogP contribution in [-0.4, -0.2) is 17.8 Å². The summed E-state index contributed by atoms with van der Waals surface area (Å²) < 4.78 is 19.2. The molecule has 2 rings (SSSR count). The molecule has 0 bridgehead atoms. The second kappa shape index (κ2) is 7.42. The van der Waals surface area contributed by atoms with E-state index in [1.807, 2.05) is 0 Å². The lowest BCUT2D eigenvalue weighted by Gasteiger charge is -2.28. The monoisotopic (exact) mass is 276 g/mol. The van der Waals surface area contributed by atoms with Gasteiger partial charge >= 0.3 is 0 Å². The Morgan fingerprint density at radius 1 is 1.35 bits per heavy atom. The van der Waals surface area contributed by atoms with Crippen molar-refractivity contribution in [2.45, 2.75) is 45.3 Å². The molecule has 1 saturated carbocycles. The molecule has 1 fully saturated rings. The first-order valence-electron chi connectivity index (χ1n) is 7.20. The molecular weight excluding hydrogens is 255 g/mol. The van der Waals surface area contributed by atoms with Crippen LogP contribution in [0.5, 0.6) is 0 Å². The highest BCUT2D eigenvalue weighted by Crippen LogP contribution is 2.27. The molecule has 0 saturated heterocycles. The van der Waals surface area contributed by atoms with Crippen LogP contribution in [0.4, 0.5) is 4.39 Å². The molecule has 0 spiro atoms. The Morgan fingerprint density at radius 3 is 2.90 bits per heavy atom. The lowest BCUT2D eigenvalue weighted by atomic mass is 9.88. The molecule has 0 radical (unpaired) electrons. The molecule has 1 aromatic rings. The van der Waals surface area contributed by atoms with Gasteiger partial charge in [0, 0.05) is 5.56 Å². The molecule has 1 N–H and O–H groups in total. The summed E-state index contributed by atoms with van der Waals surface area (Å²) in [5.74, 6) is 5.61. The molecule has 0 aromatic heterocycles. The van der Waals surface area contributed by atoms with Crippen molar-refractivity contribution in [3.8, 4) is 11.8 Å². The highest BCUT2D eigenvalue weighted by molar-refractivity contribution is 5.41. The van der Waals surface area contributed by atoms with Crippen LogP contribution < -0.4 is 0 Å². The summed E-state index contributed by atoms with van der Waals surface area (Å²) in [6, 6.07) is 4.53. The fourth-order valence-electron chi connectivity index (χ4n) is 2.65. The van der Waals surface area contributed by atoms with Crippen molar-refractivity contribution < 1.29 is 14.2 Å². The van der Waals surface area contributed by atoms with Gasteiger partial charge in [-0.3, -0.25) is 0 Å². The van der Waals surface area contributed by atoms with E-state index in [9.17, 15) is 4.39 Å². The van der Waals surface area contributed by atoms with Crippen LogP contribution >= 0.6 is 0 Å². The van der Waals surface area contributed by atoms with E-state index in [0.717, 1.165) is 12.0 Å². The standard InChI is InChI=1S/C17H21FO2/c1-13-5-2-3-7-17(13)20-12-15-8-9-16(18)11-14(15)6-4-10-19/h8-9,11,13,17,19H,2-3,5,7,10,12H2,1H3. The zero-order chi connectivity index (χ0) is 14.4. The lowest BCUT2D eigenvalue weighted by molar-refractivity contribution is -0.0155. The largest absolute Gasteiger partial charge is 0.384 e. The van der Waals surface area contributed by atoms with Gasteiger partial charge in [-0.2, -0.15) is 0 Å². The average molecular weight is 276 g/mol. The van der Waals surface area contributed by atoms with Crippen molar-refractivity contribution >= 4 is 0 Å². The van der Waals surface area contributed by atoms with E-state index in [1.165, 1.54) is 31.4 Å². The van der Waals surface area contributed by atoms with Crippen LogP contribution in [-0.2, 0) is 11.3 Å². The number of ether oxygens (including phenoxy) is 1. The third-order valence-electron chi connectivity index (χ3n) is 3.86. The number of benzene rings is 1. The van der Waals surface area contributed by atoms with Crippen molar-refractivity contribution in [1.82, 2.24) is 0 Å². The minimum Gasteiger partial charge on any atom is -0.384 e. The molecule has 0 aliphatic heterocycles. The quantitative estimate of drug-likeness (QED) is 0.859. The molecule has 108 valence electrons. The fraction of sp³-hybridized carbons (Fsp3) is 0.529. The number of halogens is 1. The topological polar surface area (TPSA) is 29.5 Å². The number of hydrogen-bond donors (Lipinski definition) is 1. The van der Waals surface area contributed by atoms with E-state index < -0.39 is 0 Å². The molecule has 2 nitrogen and oxygen atoms in total. The predicted octanol–water partition coefficient (Wildman–Crippen LogP) is 3.26. The minimum absolute atomic E-state index is 0.226. The molecule has 1 aliphatic carbocycles. The van der Waals surface area contributed by atoms with E-state index in [-0.39, 0.29) is 18.5 Å². The molecule has 2 atom stereocenters. The summed E-state index contributed by atoms with van der Waals surface area (Å²) in [5, 5.41) is 8.76. The summed E-state index contributed by atoms with van der Waals surface area (Å²) in [6.45, 7) is 2.45. The third kappa shape index (κ3) is 4.06. The average Bonchev–Trinajstić information content (AvgIpc) is 2.45. The maximum atomic E-state index is 13.3. The lowest BCUT2D eigenvalue weighted by Crippen LogP contribution is -2.25. The van der Waals surface area contributed by atoms with E-state index in [4.69, 9.17) is 9.84 Å². The highest BCUT2D eigenvalue weighted by atomic mass is 19.1. The molecular formula is C17H21FO2. The molecule has 20 heavy (non-hydrogen) atoms. The Hall–Kier alpha value is -1.37. The Balaban J connectivity index is 2.04. The fourth-order valence-corrected chi connectivity index (χ4v) is 2.65. The van der Waals surface area contributed by atoms with Gasteiger partial charge < -0.3 is 9.84 Å². The molecule has 2 unspecified atom stereocenters. The van der Waals surface area contributed by atoms with Gasteiger partial charge in [0.2, 0.25) is 0 Å². The maximum Gasteiger partial charge on any atom is 0.124 e. The van der Waals surface area contributed by atoms with Crippen LogP contribution in [0.25, 0.3) is 0 Å². The van der Waals surface area contributed by atoms with Crippen LogP contribution in [0, 0.1) is 23.6 Å². The van der Waals surface area contributed by atoms with E-state index in [0.29, 0.717) is 18.1 Å². The van der Waals surface area contributed by atoms with Gasteiger partial charge in [0.1, 0.15) is 12.4 Å². The number of rotatable bonds is 3. The minimum atomic E-state index is -0.318. The second-order valence-corrected chi connectivity index (χ2v) is 5.37. The Morgan fingerprint density at radius 2 is 2.15 bits per heavy atom. The maximum absolute atomic E-state index is 13.3. The number of aliphatic hydroxyl groups excluding tert-OH is 1. The number of aliphatic hydroxyl groups is 1.